The summed E-state index contributed by atoms with van der Waals surface area (Å²) in [6.45, 7) is 0.428. The fourth-order valence-electron chi connectivity index (χ4n) is 4.63. The van der Waals surface area contributed by atoms with Crippen LogP contribution < -0.4 is 11.2 Å². The van der Waals surface area contributed by atoms with E-state index >= 15 is 0 Å². The first-order valence-corrected chi connectivity index (χ1v) is 12.3. The summed E-state index contributed by atoms with van der Waals surface area (Å²) in [7, 11) is 2.04. The molecule has 2 aromatic carbocycles. The second-order valence-corrected chi connectivity index (χ2v) is 9.16. The quantitative estimate of drug-likeness (QED) is 0.278. The maximum atomic E-state index is 13.1. The summed E-state index contributed by atoms with van der Waals surface area (Å²) >= 11 is 0. The van der Waals surface area contributed by atoms with Crippen molar-refractivity contribution < 1.29 is 9.42 Å². The molecular weight excluding hydrogens is 470 g/mol. The van der Waals surface area contributed by atoms with Gasteiger partial charge in [-0.15, -0.1) is 5.10 Å². The molecule has 2 aromatic heterocycles. The van der Waals surface area contributed by atoms with Crippen LogP contribution in [-0.4, -0.2) is 55.4 Å². The molecular formula is C26H29N9O2. The van der Waals surface area contributed by atoms with Gasteiger partial charge in [0.05, 0.1) is 11.9 Å². The lowest BCUT2D eigenvalue weighted by atomic mass is 9.94. The standard InChI is InChI=1S/C26H29N9O2/c1-34(21-10-6-3-7-11-21)17-22-23(29-33-35(22)25-24(27)31-37-32-25)26(36)30-28-16-18-12-14-20(15-13-18)19-8-4-2-5-9-19/h2,4-5,8-9,12-16,21H,3,6-7,10-11,17H2,1H3,(H2,27,31)(H,30,36)/b28-16+. The monoisotopic (exact) mass is 499 g/mol. The number of hydrazone groups is 1. The number of hydrogen-bond acceptors (Lipinski definition) is 9. The molecule has 1 saturated carbocycles. The van der Waals surface area contributed by atoms with Crippen molar-refractivity contribution in [2.24, 2.45) is 5.10 Å². The van der Waals surface area contributed by atoms with Gasteiger partial charge in [0.25, 0.3) is 5.91 Å². The molecule has 37 heavy (non-hydrogen) atoms. The van der Waals surface area contributed by atoms with Gasteiger partial charge >= 0.3 is 0 Å². The number of benzene rings is 2. The van der Waals surface area contributed by atoms with Gasteiger partial charge in [-0.2, -0.15) is 9.78 Å². The van der Waals surface area contributed by atoms with Gasteiger partial charge in [0.1, 0.15) is 0 Å². The zero-order chi connectivity index (χ0) is 25.6. The Morgan fingerprint density at radius 3 is 2.54 bits per heavy atom. The van der Waals surface area contributed by atoms with Crippen molar-refractivity contribution >= 4 is 17.9 Å². The van der Waals surface area contributed by atoms with E-state index in [0.717, 1.165) is 29.5 Å². The van der Waals surface area contributed by atoms with Crippen LogP contribution in [-0.2, 0) is 6.54 Å². The molecule has 1 fully saturated rings. The lowest BCUT2D eigenvalue weighted by Gasteiger charge is -2.31. The summed E-state index contributed by atoms with van der Waals surface area (Å²) in [5.74, 6) is -0.221. The summed E-state index contributed by atoms with van der Waals surface area (Å²) in [6, 6.07) is 18.4. The van der Waals surface area contributed by atoms with E-state index in [-0.39, 0.29) is 17.3 Å². The molecule has 0 unspecified atom stereocenters. The molecule has 5 rings (SSSR count). The Morgan fingerprint density at radius 1 is 1.11 bits per heavy atom. The molecule has 11 nitrogen and oxygen atoms in total. The second kappa shape index (κ2) is 11.1. The van der Waals surface area contributed by atoms with Crippen molar-refractivity contribution in [3.05, 3.63) is 71.5 Å². The third kappa shape index (κ3) is 5.56. The Hall–Kier alpha value is -4.38. The van der Waals surface area contributed by atoms with Crippen LogP contribution in [0.15, 0.2) is 64.3 Å². The third-order valence-corrected chi connectivity index (χ3v) is 6.67. The van der Waals surface area contributed by atoms with E-state index in [1.807, 2.05) is 49.5 Å². The zero-order valence-corrected chi connectivity index (χ0v) is 20.6. The molecule has 11 heteroatoms. The first-order valence-electron chi connectivity index (χ1n) is 12.3. The summed E-state index contributed by atoms with van der Waals surface area (Å²) in [6.07, 6.45) is 7.46. The largest absolute Gasteiger partial charge is 0.378 e. The number of anilines is 1. The van der Waals surface area contributed by atoms with Crippen LogP contribution in [0, 0.1) is 0 Å². The normalized spacial score (nSPS) is 14.4. The average Bonchev–Trinajstić information content (AvgIpc) is 3.55. The third-order valence-electron chi connectivity index (χ3n) is 6.67. The molecule has 4 aromatic rings. The van der Waals surface area contributed by atoms with E-state index in [9.17, 15) is 4.79 Å². The highest BCUT2D eigenvalue weighted by Crippen LogP contribution is 2.25. The number of nitrogens with two attached hydrogens (primary N) is 1. The summed E-state index contributed by atoms with van der Waals surface area (Å²) < 4.78 is 6.15. The van der Waals surface area contributed by atoms with Crippen LogP contribution in [0.25, 0.3) is 16.9 Å². The first kappa shape index (κ1) is 24.3. The highest BCUT2D eigenvalue weighted by Gasteiger charge is 2.27. The van der Waals surface area contributed by atoms with E-state index in [0.29, 0.717) is 18.3 Å². The summed E-state index contributed by atoms with van der Waals surface area (Å²) in [5.41, 5.74) is 12.2. The van der Waals surface area contributed by atoms with Crippen molar-refractivity contribution in [1.82, 2.24) is 35.6 Å². The van der Waals surface area contributed by atoms with Gasteiger partial charge in [0, 0.05) is 12.6 Å². The Bertz CT molecular complexity index is 1360. The lowest BCUT2D eigenvalue weighted by Crippen LogP contribution is -2.34. The molecule has 3 N–H and O–H groups in total. The molecule has 1 amide bonds. The SMILES string of the molecule is CN(Cc1c(C(=O)N/N=C/c2ccc(-c3ccccc3)cc2)nnn1-c1nonc1N)C1CCCCC1. The maximum absolute atomic E-state index is 13.1. The minimum absolute atomic E-state index is 0.0652. The Labute approximate surface area is 214 Å². The smallest absolute Gasteiger partial charge is 0.293 e. The Balaban J connectivity index is 1.32. The topological polar surface area (TPSA) is 140 Å². The summed E-state index contributed by atoms with van der Waals surface area (Å²) in [5, 5.41) is 19.9. The second-order valence-electron chi connectivity index (χ2n) is 9.16. The number of carbonyl (C=O) groups is 1. The van der Waals surface area contributed by atoms with Crippen molar-refractivity contribution in [3.63, 3.8) is 0 Å². The number of nitrogen functional groups attached to an aromatic ring is 1. The number of hydrogen-bond donors (Lipinski definition) is 2. The zero-order valence-electron chi connectivity index (χ0n) is 20.6. The first-order chi connectivity index (χ1) is 18.1. The van der Waals surface area contributed by atoms with Crippen LogP contribution in [0.4, 0.5) is 5.82 Å². The van der Waals surface area contributed by atoms with E-state index in [1.54, 1.807) is 6.21 Å². The number of rotatable bonds is 8. The number of carbonyl (C=O) groups excluding carboxylic acids is 1. The molecule has 1 aliphatic carbocycles. The molecule has 2 heterocycles. The minimum Gasteiger partial charge on any atom is -0.378 e. The molecule has 0 saturated heterocycles. The van der Waals surface area contributed by atoms with Gasteiger partial charge in [-0.25, -0.2) is 10.1 Å². The maximum Gasteiger partial charge on any atom is 0.293 e. The average molecular weight is 500 g/mol. The van der Waals surface area contributed by atoms with Gasteiger partial charge < -0.3 is 5.73 Å². The van der Waals surface area contributed by atoms with Gasteiger partial charge in [-0.1, -0.05) is 79.1 Å². The minimum atomic E-state index is -0.481. The van der Waals surface area contributed by atoms with Gasteiger partial charge in [0.15, 0.2) is 5.69 Å². The van der Waals surface area contributed by atoms with E-state index in [2.05, 4.69) is 48.2 Å². The molecule has 0 aliphatic heterocycles. The highest BCUT2D eigenvalue weighted by molar-refractivity contribution is 5.94. The van der Waals surface area contributed by atoms with Crippen molar-refractivity contribution in [1.29, 1.82) is 0 Å². The molecule has 1 aliphatic rings. The molecule has 0 spiro atoms. The number of nitrogens with zero attached hydrogens (tertiary/aromatic N) is 7. The molecule has 0 radical (unpaired) electrons. The van der Waals surface area contributed by atoms with E-state index < -0.39 is 5.91 Å². The van der Waals surface area contributed by atoms with E-state index in [1.165, 1.54) is 23.9 Å². The van der Waals surface area contributed by atoms with Crippen LogP contribution in [0.1, 0.15) is 53.8 Å². The van der Waals surface area contributed by atoms with Crippen molar-refractivity contribution in [2.45, 2.75) is 44.7 Å². The molecule has 0 bridgehead atoms. The van der Waals surface area contributed by atoms with Gasteiger partial charge in [0.2, 0.25) is 11.6 Å². The van der Waals surface area contributed by atoms with Crippen molar-refractivity contribution in [3.8, 4) is 16.9 Å². The fraction of sp³-hybridized carbons (Fsp3) is 0.308. The summed E-state index contributed by atoms with van der Waals surface area (Å²) in [4.78, 5) is 15.3. The van der Waals surface area contributed by atoms with Crippen LogP contribution >= 0.6 is 0 Å². The Morgan fingerprint density at radius 2 is 1.84 bits per heavy atom. The molecule has 0 atom stereocenters. The van der Waals surface area contributed by atoms with E-state index in [4.69, 9.17) is 10.4 Å². The van der Waals surface area contributed by atoms with Crippen LogP contribution in [0.2, 0.25) is 0 Å². The highest BCUT2D eigenvalue weighted by atomic mass is 16.6. The number of nitrogens with one attached hydrogen (secondary N) is 1. The van der Waals surface area contributed by atoms with Crippen LogP contribution in [0.5, 0.6) is 0 Å². The molecule has 190 valence electrons. The number of aromatic nitrogens is 5. The lowest BCUT2D eigenvalue weighted by molar-refractivity contribution is 0.0947. The van der Waals surface area contributed by atoms with Gasteiger partial charge in [-0.3, -0.25) is 9.69 Å². The van der Waals surface area contributed by atoms with Crippen molar-refractivity contribution in [2.75, 3.05) is 12.8 Å². The predicted octanol–water partition coefficient (Wildman–Crippen LogP) is 3.43. The van der Waals surface area contributed by atoms with Crippen LogP contribution in [0.3, 0.4) is 0 Å². The Kier molecular flexibility index (Phi) is 7.31. The number of amides is 1. The fourth-order valence-corrected chi connectivity index (χ4v) is 4.63. The predicted molar refractivity (Wildman–Crippen MR) is 139 cm³/mol. The van der Waals surface area contributed by atoms with Gasteiger partial charge in [-0.05, 0) is 46.9 Å².